The van der Waals surface area contributed by atoms with E-state index < -0.39 is 19.8 Å². The predicted octanol–water partition coefficient (Wildman–Crippen LogP) is 6.46. The van der Waals surface area contributed by atoms with Crippen molar-refractivity contribution in [2.75, 3.05) is 5.32 Å². The van der Waals surface area contributed by atoms with Crippen molar-refractivity contribution >= 4 is 55.4 Å². The van der Waals surface area contributed by atoms with Crippen molar-refractivity contribution in [3.05, 3.63) is 47.2 Å². The van der Waals surface area contributed by atoms with E-state index in [2.05, 4.69) is 49.3 Å². The van der Waals surface area contributed by atoms with Crippen LogP contribution in [0, 0.1) is 0 Å². The number of nitrogens with one attached hydrogen (secondary N) is 1. The van der Waals surface area contributed by atoms with Crippen LogP contribution in [0.3, 0.4) is 0 Å². The molecule has 170 valence electrons. The monoisotopic (exact) mass is 511 g/mol. The van der Waals surface area contributed by atoms with Crippen LogP contribution in [0.5, 0.6) is 5.75 Å². The third kappa shape index (κ3) is 5.64. The smallest absolute Gasteiger partial charge is 0.257 e. The third-order valence-electron chi connectivity index (χ3n) is 4.53. The van der Waals surface area contributed by atoms with Gasteiger partial charge in [0.1, 0.15) is 11.4 Å². The molecule has 3 aromatic rings. The van der Waals surface area contributed by atoms with Crippen molar-refractivity contribution in [1.29, 1.82) is 0 Å². The van der Waals surface area contributed by atoms with Gasteiger partial charge in [0, 0.05) is 23.4 Å². The van der Waals surface area contributed by atoms with Gasteiger partial charge in [-0.25, -0.2) is 0 Å². The molecule has 3 rings (SSSR count). The minimum atomic E-state index is -1.36. The Hall–Kier alpha value is -2.06. The molecule has 2 heterocycles. The van der Waals surface area contributed by atoms with Crippen LogP contribution >= 0.6 is 34.8 Å². The van der Waals surface area contributed by atoms with Gasteiger partial charge in [-0.3, -0.25) is 9.78 Å². The highest BCUT2D eigenvalue weighted by atomic mass is 35.5. The Labute approximate surface area is 203 Å². The van der Waals surface area contributed by atoms with Gasteiger partial charge >= 0.3 is 0 Å². The van der Waals surface area contributed by atoms with E-state index in [0.717, 1.165) is 11.1 Å². The first-order valence-electron chi connectivity index (χ1n) is 9.98. The molecular weight excluding hydrogens is 489 g/mol. The van der Waals surface area contributed by atoms with Gasteiger partial charge in [0.2, 0.25) is 9.04 Å². The molecule has 0 aliphatic rings. The molecular formula is C22H24Cl3N3O3Si. The molecule has 0 saturated heterocycles. The molecule has 1 amide bonds. The van der Waals surface area contributed by atoms with Crippen molar-refractivity contribution in [3.8, 4) is 28.3 Å². The molecule has 2 aromatic heterocycles. The molecule has 0 saturated carbocycles. The summed E-state index contributed by atoms with van der Waals surface area (Å²) in [7, 11) is -1.36. The van der Waals surface area contributed by atoms with Gasteiger partial charge in [0.05, 0.1) is 16.9 Å². The summed E-state index contributed by atoms with van der Waals surface area (Å²) >= 11 is 18.0. The molecule has 10 heteroatoms. The van der Waals surface area contributed by atoms with E-state index in [1.807, 2.05) is 12.1 Å². The SMILES string of the molecule is C[SiH](C)Oc1ccc(C(C)(C)C)c(-c2cc(-c3cncc(NC(=O)C(Cl)Cl)c3)on2)c1Cl. The fourth-order valence-corrected chi connectivity index (χ4v) is 4.34. The summed E-state index contributed by atoms with van der Waals surface area (Å²) in [5.41, 5.74) is 3.25. The van der Waals surface area contributed by atoms with Crippen molar-refractivity contribution in [2.45, 2.75) is 44.1 Å². The van der Waals surface area contributed by atoms with Gasteiger partial charge in [-0.1, -0.05) is 66.8 Å². The van der Waals surface area contributed by atoms with E-state index in [1.54, 1.807) is 18.3 Å². The maximum absolute atomic E-state index is 11.8. The molecule has 6 nitrogen and oxygen atoms in total. The Morgan fingerprint density at radius 1 is 1.19 bits per heavy atom. The number of hydrogen-bond donors (Lipinski definition) is 1. The summed E-state index contributed by atoms with van der Waals surface area (Å²) in [6, 6.07) is 7.43. The molecule has 32 heavy (non-hydrogen) atoms. The number of amides is 1. The minimum absolute atomic E-state index is 0.183. The Bertz CT molecular complexity index is 1130. The Balaban J connectivity index is 2.04. The zero-order valence-corrected chi connectivity index (χ0v) is 21.8. The largest absolute Gasteiger partial charge is 0.546 e. The molecule has 0 radical (unpaired) electrons. The predicted molar refractivity (Wildman–Crippen MR) is 133 cm³/mol. The second-order valence-corrected chi connectivity index (χ2v) is 12.4. The third-order valence-corrected chi connectivity index (χ3v) is 6.03. The lowest BCUT2D eigenvalue weighted by Crippen LogP contribution is -2.18. The normalized spacial score (nSPS) is 11.8. The van der Waals surface area contributed by atoms with Crippen LogP contribution in [0.25, 0.3) is 22.6 Å². The summed E-state index contributed by atoms with van der Waals surface area (Å²) < 4.78 is 11.6. The number of halogens is 3. The molecule has 1 N–H and O–H groups in total. The van der Waals surface area contributed by atoms with Crippen LogP contribution in [-0.4, -0.2) is 29.9 Å². The zero-order chi connectivity index (χ0) is 23.6. The quantitative estimate of drug-likeness (QED) is 0.303. The van der Waals surface area contributed by atoms with Crippen LogP contribution in [-0.2, 0) is 10.2 Å². The number of nitrogens with zero attached hydrogens (tertiary/aromatic N) is 2. The Morgan fingerprint density at radius 3 is 2.53 bits per heavy atom. The van der Waals surface area contributed by atoms with E-state index in [9.17, 15) is 4.79 Å². The van der Waals surface area contributed by atoms with Gasteiger partial charge in [0.25, 0.3) is 5.91 Å². The molecule has 0 bridgehead atoms. The van der Waals surface area contributed by atoms with Crippen LogP contribution in [0.4, 0.5) is 5.69 Å². The second-order valence-electron chi connectivity index (χ2n) is 8.55. The molecule has 0 fully saturated rings. The number of rotatable bonds is 6. The van der Waals surface area contributed by atoms with Crippen molar-refractivity contribution in [2.24, 2.45) is 0 Å². The van der Waals surface area contributed by atoms with E-state index in [-0.39, 0.29) is 5.41 Å². The number of anilines is 1. The van der Waals surface area contributed by atoms with E-state index >= 15 is 0 Å². The number of benzene rings is 1. The Kier molecular flexibility index (Phi) is 7.55. The van der Waals surface area contributed by atoms with Crippen LogP contribution in [0.15, 0.2) is 41.2 Å². The lowest BCUT2D eigenvalue weighted by molar-refractivity contribution is -0.114. The first-order valence-corrected chi connectivity index (χ1v) is 14.0. The van der Waals surface area contributed by atoms with Gasteiger partial charge < -0.3 is 14.3 Å². The molecule has 0 aliphatic carbocycles. The maximum Gasteiger partial charge on any atom is 0.257 e. The van der Waals surface area contributed by atoms with Gasteiger partial charge in [-0.15, -0.1) is 0 Å². The van der Waals surface area contributed by atoms with Crippen LogP contribution in [0.1, 0.15) is 26.3 Å². The minimum Gasteiger partial charge on any atom is -0.546 e. The number of aromatic nitrogens is 2. The molecule has 0 unspecified atom stereocenters. The summed E-state index contributed by atoms with van der Waals surface area (Å²) in [6.45, 7) is 10.5. The number of carbonyl (C=O) groups is 1. The van der Waals surface area contributed by atoms with Crippen molar-refractivity contribution < 1.29 is 13.7 Å². The van der Waals surface area contributed by atoms with E-state index in [4.69, 9.17) is 43.8 Å². The average Bonchev–Trinajstić information content (AvgIpc) is 3.18. The fraction of sp³-hybridized carbons (Fsp3) is 0.318. The molecule has 0 spiro atoms. The molecule has 0 aliphatic heterocycles. The summed E-state index contributed by atoms with van der Waals surface area (Å²) in [5, 5.41) is 7.38. The van der Waals surface area contributed by atoms with E-state index in [0.29, 0.717) is 33.5 Å². The van der Waals surface area contributed by atoms with E-state index in [1.165, 1.54) is 6.20 Å². The van der Waals surface area contributed by atoms with Gasteiger partial charge in [-0.05, 0) is 36.2 Å². The zero-order valence-electron chi connectivity index (χ0n) is 18.4. The van der Waals surface area contributed by atoms with Gasteiger partial charge in [0.15, 0.2) is 10.6 Å². The summed E-state index contributed by atoms with van der Waals surface area (Å²) in [5.74, 6) is 0.569. The first-order chi connectivity index (χ1) is 15.0. The first kappa shape index (κ1) is 24.6. The summed E-state index contributed by atoms with van der Waals surface area (Å²) in [4.78, 5) is 14.7. The topological polar surface area (TPSA) is 77.2 Å². The lowest BCUT2D eigenvalue weighted by Gasteiger charge is -2.24. The lowest BCUT2D eigenvalue weighted by atomic mass is 9.82. The van der Waals surface area contributed by atoms with Crippen molar-refractivity contribution in [3.63, 3.8) is 0 Å². The number of pyridine rings is 1. The molecule has 0 atom stereocenters. The second kappa shape index (κ2) is 9.83. The average molecular weight is 513 g/mol. The highest BCUT2D eigenvalue weighted by Crippen LogP contribution is 2.43. The van der Waals surface area contributed by atoms with Crippen molar-refractivity contribution in [1.82, 2.24) is 10.1 Å². The highest BCUT2D eigenvalue weighted by molar-refractivity contribution is 6.54. The fourth-order valence-electron chi connectivity index (χ4n) is 3.15. The number of hydrogen-bond acceptors (Lipinski definition) is 5. The number of alkyl halides is 2. The van der Waals surface area contributed by atoms with Gasteiger partial charge in [-0.2, -0.15) is 0 Å². The summed E-state index contributed by atoms with van der Waals surface area (Å²) in [6.07, 6.45) is 3.09. The standard InChI is InChI=1S/C22H24Cl3N3O3Si/c1-22(2,3)14-6-7-16(31-32(4)5)19(23)18(14)15-9-17(30-28-15)12-8-13(11-26-10-12)27-21(29)20(24)25/h6-11,20,32H,1-5H3,(H,27,29). The maximum atomic E-state index is 11.8. The highest BCUT2D eigenvalue weighted by Gasteiger charge is 2.26. The van der Waals surface area contributed by atoms with Crippen LogP contribution < -0.4 is 9.74 Å². The molecule has 1 aromatic carbocycles. The Morgan fingerprint density at radius 2 is 1.91 bits per heavy atom. The number of carbonyl (C=O) groups excluding carboxylic acids is 1. The van der Waals surface area contributed by atoms with Crippen LogP contribution in [0.2, 0.25) is 18.1 Å².